The lowest BCUT2D eigenvalue weighted by molar-refractivity contribution is -0.124. The summed E-state index contributed by atoms with van der Waals surface area (Å²) in [5.41, 5.74) is 0.753. The summed E-state index contributed by atoms with van der Waals surface area (Å²) in [5, 5.41) is 0. The fourth-order valence-electron chi connectivity index (χ4n) is 0.939. The van der Waals surface area contributed by atoms with Gasteiger partial charge in [-0.1, -0.05) is 40.2 Å². The summed E-state index contributed by atoms with van der Waals surface area (Å²) in [6.07, 6.45) is -2.44. The monoisotopic (exact) mass is 264 g/mol. The van der Waals surface area contributed by atoms with Crippen molar-refractivity contribution in [2.24, 2.45) is 0 Å². The van der Waals surface area contributed by atoms with Crippen molar-refractivity contribution in [1.82, 2.24) is 0 Å². The number of hydrogen-bond donors (Lipinski definition) is 0. The molecule has 76 valence electrons. The van der Waals surface area contributed by atoms with Crippen molar-refractivity contribution in [3.05, 3.63) is 40.4 Å². The molecule has 0 atom stereocenters. The summed E-state index contributed by atoms with van der Waals surface area (Å²) >= 11 is 3.24. The van der Waals surface area contributed by atoms with Crippen LogP contribution >= 0.6 is 15.9 Å². The molecule has 4 heteroatoms. The Morgan fingerprint density at radius 1 is 1.29 bits per heavy atom. The van der Waals surface area contributed by atoms with E-state index in [1.165, 1.54) is 6.08 Å². The highest BCUT2D eigenvalue weighted by Crippen LogP contribution is 2.21. The van der Waals surface area contributed by atoms with Gasteiger partial charge in [0.15, 0.2) is 0 Å². The first kappa shape index (κ1) is 11.3. The summed E-state index contributed by atoms with van der Waals surface area (Å²) in [6.45, 7) is 0. The van der Waals surface area contributed by atoms with E-state index >= 15 is 0 Å². The molecule has 0 unspecified atom stereocenters. The van der Waals surface area contributed by atoms with Crippen LogP contribution in [0.4, 0.5) is 13.2 Å². The van der Waals surface area contributed by atoms with E-state index in [0.717, 1.165) is 16.1 Å². The van der Waals surface area contributed by atoms with Gasteiger partial charge in [0.2, 0.25) is 0 Å². The van der Waals surface area contributed by atoms with Gasteiger partial charge in [0, 0.05) is 4.47 Å². The molecule has 0 radical (unpaired) electrons. The predicted molar refractivity (Wildman–Crippen MR) is 53.8 cm³/mol. The third kappa shape index (κ3) is 4.46. The van der Waals surface area contributed by atoms with E-state index in [-0.39, 0.29) is 0 Å². The largest absolute Gasteiger partial charge is 0.392 e. The SMILES string of the molecule is FC(F)(F)CC=Cc1cccc(Br)c1. The lowest BCUT2D eigenvalue weighted by Crippen LogP contribution is -2.03. The van der Waals surface area contributed by atoms with Crippen LogP contribution in [0.3, 0.4) is 0 Å². The van der Waals surface area contributed by atoms with Gasteiger partial charge < -0.3 is 0 Å². The molecular weight excluding hydrogens is 257 g/mol. The van der Waals surface area contributed by atoms with Crippen molar-refractivity contribution in [2.45, 2.75) is 12.6 Å². The van der Waals surface area contributed by atoms with Gasteiger partial charge >= 0.3 is 6.18 Å². The van der Waals surface area contributed by atoms with E-state index in [1.54, 1.807) is 18.2 Å². The highest BCUT2D eigenvalue weighted by Gasteiger charge is 2.24. The summed E-state index contributed by atoms with van der Waals surface area (Å²) in [7, 11) is 0. The summed E-state index contributed by atoms with van der Waals surface area (Å²) in [5.74, 6) is 0. The van der Waals surface area contributed by atoms with Crippen molar-refractivity contribution < 1.29 is 13.2 Å². The van der Waals surface area contributed by atoms with E-state index in [0.29, 0.717) is 0 Å². The van der Waals surface area contributed by atoms with E-state index in [9.17, 15) is 13.2 Å². The van der Waals surface area contributed by atoms with Gasteiger partial charge in [-0.15, -0.1) is 0 Å². The van der Waals surface area contributed by atoms with E-state index in [2.05, 4.69) is 15.9 Å². The van der Waals surface area contributed by atoms with Crippen LogP contribution in [-0.2, 0) is 0 Å². The van der Waals surface area contributed by atoms with Gasteiger partial charge in [-0.05, 0) is 17.7 Å². The lowest BCUT2D eigenvalue weighted by atomic mass is 10.2. The highest BCUT2D eigenvalue weighted by molar-refractivity contribution is 9.10. The third-order valence-corrected chi connectivity index (χ3v) is 2.00. The van der Waals surface area contributed by atoms with Crippen LogP contribution in [0.1, 0.15) is 12.0 Å². The zero-order valence-electron chi connectivity index (χ0n) is 7.18. The van der Waals surface area contributed by atoms with Gasteiger partial charge in [0.05, 0.1) is 6.42 Å². The molecular formula is C10H8BrF3. The Morgan fingerprint density at radius 3 is 2.57 bits per heavy atom. The fraction of sp³-hybridized carbons (Fsp3) is 0.200. The van der Waals surface area contributed by atoms with Crippen LogP contribution in [-0.4, -0.2) is 6.18 Å². The maximum Gasteiger partial charge on any atom is 0.392 e. The van der Waals surface area contributed by atoms with Crippen molar-refractivity contribution >= 4 is 22.0 Å². The Balaban J connectivity index is 2.61. The molecule has 0 aliphatic heterocycles. The third-order valence-electron chi connectivity index (χ3n) is 1.51. The van der Waals surface area contributed by atoms with Gasteiger partial charge in [0.1, 0.15) is 0 Å². The number of benzene rings is 1. The van der Waals surface area contributed by atoms with Crippen LogP contribution in [0, 0.1) is 0 Å². The maximum atomic E-state index is 11.8. The molecule has 0 saturated heterocycles. The fourth-order valence-corrected chi connectivity index (χ4v) is 1.36. The molecule has 0 aliphatic rings. The first-order valence-electron chi connectivity index (χ1n) is 3.96. The van der Waals surface area contributed by atoms with Crippen molar-refractivity contribution in [1.29, 1.82) is 0 Å². The Morgan fingerprint density at radius 2 is 2.00 bits per heavy atom. The highest BCUT2D eigenvalue weighted by atomic mass is 79.9. The summed E-state index contributed by atoms with van der Waals surface area (Å²) < 4.78 is 36.2. The first-order chi connectivity index (χ1) is 6.47. The van der Waals surface area contributed by atoms with Crippen LogP contribution in [0.15, 0.2) is 34.8 Å². The molecule has 0 aliphatic carbocycles. The Hall–Kier alpha value is -0.770. The van der Waals surface area contributed by atoms with E-state index < -0.39 is 12.6 Å². The van der Waals surface area contributed by atoms with Crippen molar-refractivity contribution in [3.8, 4) is 0 Å². The molecule has 0 N–H and O–H groups in total. The minimum atomic E-state index is -4.12. The molecule has 0 amide bonds. The number of hydrogen-bond acceptors (Lipinski definition) is 0. The molecule has 0 nitrogen and oxygen atoms in total. The minimum Gasteiger partial charge on any atom is -0.171 e. The van der Waals surface area contributed by atoms with Gasteiger partial charge in [-0.2, -0.15) is 13.2 Å². The molecule has 0 fully saturated rings. The zero-order chi connectivity index (χ0) is 10.6. The first-order valence-corrected chi connectivity index (χ1v) is 4.75. The van der Waals surface area contributed by atoms with Gasteiger partial charge in [-0.25, -0.2) is 0 Å². The van der Waals surface area contributed by atoms with Crippen LogP contribution in [0.5, 0.6) is 0 Å². The molecule has 1 rings (SSSR count). The van der Waals surface area contributed by atoms with Crippen LogP contribution < -0.4 is 0 Å². The molecule has 0 saturated carbocycles. The Kier molecular flexibility index (Phi) is 3.75. The second-order valence-electron chi connectivity index (χ2n) is 2.78. The molecule has 1 aromatic rings. The molecule has 0 aromatic heterocycles. The molecule has 0 heterocycles. The quantitative estimate of drug-likeness (QED) is 0.742. The number of rotatable bonds is 2. The topological polar surface area (TPSA) is 0 Å². The smallest absolute Gasteiger partial charge is 0.171 e. The van der Waals surface area contributed by atoms with Crippen molar-refractivity contribution in [2.75, 3.05) is 0 Å². The Bertz CT molecular complexity index is 328. The summed E-state index contributed by atoms with van der Waals surface area (Å²) in [4.78, 5) is 0. The maximum absolute atomic E-state index is 11.8. The Labute approximate surface area is 88.6 Å². The normalized spacial score (nSPS) is 12.3. The van der Waals surface area contributed by atoms with Crippen molar-refractivity contribution in [3.63, 3.8) is 0 Å². The predicted octanol–water partition coefficient (Wildman–Crippen LogP) is 4.41. The van der Waals surface area contributed by atoms with Crippen LogP contribution in [0.2, 0.25) is 0 Å². The standard InChI is InChI=1S/C10H8BrF3/c11-9-5-1-3-8(7-9)4-2-6-10(12,13)14/h1-5,7H,6H2. The van der Waals surface area contributed by atoms with Crippen LogP contribution in [0.25, 0.3) is 6.08 Å². The lowest BCUT2D eigenvalue weighted by Gasteiger charge is -2.00. The van der Waals surface area contributed by atoms with Gasteiger partial charge in [-0.3, -0.25) is 0 Å². The van der Waals surface area contributed by atoms with E-state index in [4.69, 9.17) is 0 Å². The average molecular weight is 265 g/mol. The minimum absolute atomic E-state index is 0.753. The zero-order valence-corrected chi connectivity index (χ0v) is 8.77. The second kappa shape index (κ2) is 4.64. The molecule has 1 aromatic carbocycles. The number of allylic oxidation sites excluding steroid dienone is 1. The number of alkyl halides is 3. The average Bonchev–Trinajstić information content (AvgIpc) is 2.01. The summed E-state index contributed by atoms with van der Waals surface area (Å²) in [6, 6.07) is 7.10. The van der Waals surface area contributed by atoms with E-state index in [1.807, 2.05) is 6.07 Å². The van der Waals surface area contributed by atoms with Gasteiger partial charge in [0.25, 0.3) is 0 Å². The second-order valence-corrected chi connectivity index (χ2v) is 3.69. The molecule has 0 bridgehead atoms. The molecule has 0 spiro atoms. The number of halogens is 4. The molecule has 14 heavy (non-hydrogen) atoms.